The highest BCUT2D eigenvalue weighted by Gasteiger charge is 2.30. The van der Waals surface area contributed by atoms with Crippen LogP contribution in [0.1, 0.15) is 13.8 Å². The number of rotatable bonds is 5. The molecule has 0 aliphatic rings. The van der Waals surface area contributed by atoms with Gasteiger partial charge in [0.2, 0.25) is 5.91 Å². The molecule has 0 spiro atoms. The Bertz CT molecular complexity index is 319. The molecule has 0 heterocycles. The Morgan fingerprint density at radius 2 is 1.38 bits per heavy atom. The largest absolute Gasteiger partial charge is 0.344 e. The van der Waals surface area contributed by atoms with Gasteiger partial charge in [-0.2, -0.15) is 0 Å². The van der Waals surface area contributed by atoms with Crippen molar-refractivity contribution < 1.29 is 33.5 Å². The molecule has 0 saturated heterocycles. The first-order chi connectivity index (χ1) is 6.92. The fraction of sp³-hybridized carbons (Fsp3) is 0.833. The van der Waals surface area contributed by atoms with Crippen molar-refractivity contribution in [2.45, 2.75) is 13.8 Å². The van der Waals surface area contributed by atoms with E-state index in [0.29, 0.717) is 4.90 Å². The second-order valence-corrected chi connectivity index (χ2v) is 6.87. The maximum absolute atomic E-state index is 11.4. The lowest BCUT2D eigenvalue weighted by atomic mass is 10.2. The average Bonchev–Trinajstić information content (AvgIpc) is 1.95. The second kappa shape index (κ2) is 5.40. The Morgan fingerprint density at radius 3 is 1.56 bits per heavy atom. The molecule has 0 aliphatic heterocycles. The number of hydrogen-bond donors (Lipinski definition) is 4. The number of hydrogen-bond acceptors (Lipinski definition) is 3. The standard InChI is InChI=1S/C6H15NO7P2/c1-5(2)6(8)7(3-15(9,10)11)4-16(12,13)14/h5H,3-4H2,1-2H3,(H2,9,10,11)(H2,12,13,14). The lowest BCUT2D eigenvalue weighted by molar-refractivity contribution is -0.133. The van der Waals surface area contributed by atoms with Crippen LogP contribution in [0.25, 0.3) is 0 Å². The second-order valence-electron chi connectivity index (χ2n) is 3.64. The van der Waals surface area contributed by atoms with Crippen LogP contribution in [0, 0.1) is 5.92 Å². The van der Waals surface area contributed by atoms with Crippen molar-refractivity contribution in [1.82, 2.24) is 4.90 Å². The summed E-state index contributed by atoms with van der Waals surface area (Å²) >= 11 is 0. The quantitative estimate of drug-likeness (QED) is 0.507. The van der Waals surface area contributed by atoms with E-state index in [1.54, 1.807) is 0 Å². The van der Waals surface area contributed by atoms with E-state index in [2.05, 4.69) is 0 Å². The predicted octanol–water partition coefficient (Wildman–Crippen LogP) is -0.259. The van der Waals surface area contributed by atoms with Gasteiger partial charge in [0.15, 0.2) is 0 Å². The summed E-state index contributed by atoms with van der Waals surface area (Å²) in [7, 11) is -9.08. The number of amides is 1. The summed E-state index contributed by atoms with van der Waals surface area (Å²) in [5.74, 6) is -1.32. The van der Waals surface area contributed by atoms with Crippen molar-refractivity contribution in [1.29, 1.82) is 0 Å². The molecule has 96 valence electrons. The molecular formula is C6H15NO7P2. The Balaban J connectivity index is 4.85. The first kappa shape index (κ1) is 15.8. The molecule has 8 nitrogen and oxygen atoms in total. The van der Waals surface area contributed by atoms with E-state index in [-0.39, 0.29) is 0 Å². The highest BCUT2D eigenvalue weighted by atomic mass is 31.2. The summed E-state index contributed by atoms with van der Waals surface area (Å²) in [6.07, 6.45) is -1.98. The third kappa shape index (κ3) is 7.11. The van der Waals surface area contributed by atoms with E-state index in [4.69, 9.17) is 19.6 Å². The van der Waals surface area contributed by atoms with Gasteiger partial charge in [0.25, 0.3) is 0 Å². The zero-order valence-corrected chi connectivity index (χ0v) is 10.6. The molecule has 1 amide bonds. The number of nitrogens with zero attached hydrogens (tertiary/aromatic N) is 1. The molecule has 0 unspecified atom stereocenters. The Labute approximate surface area is 92.6 Å². The summed E-state index contributed by atoms with van der Waals surface area (Å²) in [5, 5.41) is 0. The van der Waals surface area contributed by atoms with Gasteiger partial charge >= 0.3 is 15.2 Å². The van der Waals surface area contributed by atoms with Crippen molar-refractivity contribution in [2.24, 2.45) is 5.92 Å². The molecule has 0 bridgehead atoms. The molecule has 0 saturated carbocycles. The zero-order chi connectivity index (χ0) is 13.1. The first-order valence-corrected chi connectivity index (χ1v) is 7.90. The minimum Gasteiger partial charge on any atom is -0.323 e. The van der Waals surface area contributed by atoms with Crippen LogP contribution in [0.4, 0.5) is 0 Å². The van der Waals surface area contributed by atoms with Crippen LogP contribution < -0.4 is 0 Å². The Kier molecular flexibility index (Phi) is 5.32. The van der Waals surface area contributed by atoms with Crippen molar-refractivity contribution in [3.05, 3.63) is 0 Å². The van der Waals surface area contributed by atoms with Gasteiger partial charge in [-0.15, -0.1) is 0 Å². The van der Waals surface area contributed by atoms with E-state index in [9.17, 15) is 13.9 Å². The Morgan fingerprint density at radius 1 is 1.06 bits per heavy atom. The summed E-state index contributed by atoms with van der Waals surface area (Å²) in [6, 6.07) is 0. The van der Waals surface area contributed by atoms with Crippen LogP contribution >= 0.6 is 15.2 Å². The molecule has 0 aromatic rings. The SMILES string of the molecule is CC(C)C(=O)N(CP(=O)(O)O)CP(=O)(O)O. The van der Waals surface area contributed by atoms with Crippen LogP contribution in [0.3, 0.4) is 0 Å². The fourth-order valence-electron chi connectivity index (χ4n) is 0.994. The van der Waals surface area contributed by atoms with Gasteiger partial charge < -0.3 is 24.5 Å². The molecule has 0 radical (unpaired) electrons. The molecule has 10 heteroatoms. The zero-order valence-electron chi connectivity index (χ0n) is 8.85. The van der Waals surface area contributed by atoms with Crippen molar-refractivity contribution >= 4 is 21.1 Å². The van der Waals surface area contributed by atoms with E-state index < -0.39 is 39.6 Å². The summed E-state index contributed by atoms with van der Waals surface area (Å²) in [6.45, 7) is 2.93. The third-order valence-electron chi connectivity index (χ3n) is 1.52. The minimum absolute atomic E-state index is 0.492. The maximum atomic E-state index is 11.4. The lowest BCUT2D eigenvalue weighted by Crippen LogP contribution is -2.35. The van der Waals surface area contributed by atoms with Gasteiger partial charge in [-0.3, -0.25) is 13.9 Å². The monoisotopic (exact) mass is 275 g/mol. The highest BCUT2D eigenvalue weighted by molar-refractivity contribution is 7.52. The number of carbonyl (C=O) groups excluding carboxylic acids is 1. The van der Waals surface area contributed by atoms with Gasteiger partial charge in [0.1, 0.15) is 12.6 Å². The van der Waals surface area contributed by atoms with Gasteiger partial charge in [-0.1, -0.05) is 13.8 Å². The molecule has 16 heavy (non-hydrogen) atoms. The van der Waals surface area contributed by atoms with Gasteiger partial charge in [-0.25, -0.2) is 0 Å². The summed E-state index contributed by atoms with van der Waals surface area (Å²) in [5.41, 5.74) is 0. The summed E-state index contributed by atoms with van der Waals surface area (Å²) in [4.78, 5) is 46.6. The predicted molar refractivity (Wildman–Crippen MR) is 55.5 cm³/mol. The van der Waals surface area contributed by atoms with Crippen LogP contribution in [0.5, 0.6) is 0 Å². The molecule has 0 aromatic heterocycles. The van der Waals surface area contributed by atoms with Crippen LogP contribution in [0.2, 0.25) is 0 Å². The smallest absolute Gasteiger partial charge is 0.323 e. The first-order valence-electron chi connectivity index (χ1n) is 4.30. The van der Waals surface area contributed by atoms with E-state index >= 15 is 0 Å². The third-order valence-corrected chi connectivity index (χ3v) is 2.94. The van der Waals surface area contributed by atoms with Gasteiger partial charge in [-0.05, 0) is 0 Å². The molecule has 0 aromatic carbocycles. The van der Waals surface area contributed by atoms with Crippen LogP contribution in [0.15, 0.2) is 0 Å². The van der Waals surface area contributed by atoms with Crippen LogP contribution in [-0.4, -0.2) is 43.0 Å². The average molecular weight is 275 g/mol. The topological polar surface area (TPSA) is 135 Å². The van der Waals surface area contributed by atoms with Crippen molar-refractivity contribution in [3.63, 3.8) is 0 Å². The molecule has 0 fully saturated rings. The van der Waals surface area contributed by atoms with Crippen molar-refractivity contribution in [2.75, 3.05) is 12.6 Å². The van der Waals surface area contributed by atoms with E-state index in [1.807, 2.05) is 0 Å². The lowest BCUT2D eigenvalue weighted by Gasteiger charge is -2.24. The molecular weight excluding hydrogens is 260 g/mol. The van der Waals surface area contributed by atoms with E-state index in [1.165, 1.54) is 13.8 Å². The maximum Gasteiger partial charge on any atom is 0.344 e. The Hall–Kier alpha value is -0.230. The molecule has 0 aliphatic carbocycles. The summed E-state index contributed by atoms with van der Waals surface area (Å²) < 4.78 is 21.4. The number of carbonyl (C=O) groups is 1. The van der Waals surface area contributed by atoms with E-state index in [0.717, 1.165) is 0 Å². The molecule has 4 N–H and O–H groups in total. The van der Waals surface area contributed by atoms with Crippen LogP contribution in [-0.2, 0) is 13.9 Å². The normalized spacial score (nSPS) is 12.9. The fourth-order valence-corrected chi connectivity index (χ4v) is 2.52. The van der Waals surface area contributed by atoms with Gasteiger partial charge in [0.05, 0.1) is 0 Å². The molecule has 0 atom stereocenters. The van der Waals surface area contributed by atoms with Gasteiger partial charge in [0, 0.05) is 5.92 Å². The van der Waals surface area contributed by atoms with Crippen molar-refractivity contribution in [3.8, 4) is 0 Å². The molecule has 0 rings (SSSR count). The highest BCUT2D eigenvalue weighted by Crippen LogP contribution is 2.41. The minimum atomic E-state index is -4.54.